The van der Waals surface area contributed by atoms with Gasteiger partial charge in [-0.15, -0.1) is 0 Å². The summed E-state index contributed by atoms with van der Waals surface area (Å²) in [5.41, 5.74) is 0.145. The van der Waals surface area contributed by atoms with E-state index in [2.05, 4.69) is 10.3 Å². The van der Waals surface area contributed by atoms with Crippen LogP contribution in [0.15, 0.2) is 42.6 Å². The van der Waals surface area contributed by atoms with Gasteiger partial charge in [-0.1, -0.05) is 0 Å². The Bertz CT molecular complexity index is 944. The van der Waals surface area contributed by atoms with Crippen molar-refractivity contribution in [2.45, 2.75) is 12.6 Å². The number of hydrogen-bond donors (Lipinski definition) is 1. The number of amides is 2. The minimum absolute atomic E-state index is 0.176. The summed E-state index contributed by atoms with van der Waals surface area (Å²) >= 11 is 0. The first-order valence-corrected chi connectivity index (χ1v) is 9.12. The summed E-state index contributed by atoms with van der Waals surface area (Å²) in [6.45, 7) is 1.71. The second kappa shape index (κ2) is 8.82. The van der Waals surface area contributed by atoms with E-state index in [0.29, 0.717) is 43.2 Å². The first kappa shape index (κ1) is 21.1. The summed E-state index contributed by atoms with van der Waals surface area (Å²) in [6, 6.07) is 10.4. The van der Waals surface area contributed by atoms with Crippen LogP contribution in [0, 0.1) is 11.3 Å². The smallest absolute Gasteiger partial charge is 0.353 e. The fourth-order valence-electron chi connectivity index (χ4n) is 3.04. The number of nitriles is 1. The zero-order valence-corrected chi connectivity index (χ0v) is 15.8. The minimum atomic E-state index is -4.43. The number of pyridine rings is 1. The molecule has 0 aliphatic carbocycles. The molecule has 0 bridgehead atoms. The summed E-state index contributed by atoms with van der Waals surface area (Å²) in [5.74, 6) is -0.165. The lowest BCUT2D eigenvalue weighted by Gasteiger charge is -2.35. The molecule has 2 amide bonds. The number of piperazine rings is 1. The number of nitrogens with one attached hydrogen (secondary N) is 1. The number of carbonyl (C=O) groups excluding carboxylic acids is 2. The summed E-state index contributed by atoms with van der Waals surface area (Å²) in [6.07, 6.45) is -3.87. The highest BCUT2D eigenvalue weighted by Crippen LogP contribution is 2.29. The maximum absolute atomic E-state index is 12.7. The number of alkyl halides is 3. The van der Waals surface area contributed by atoms with Crippen LogP contribution in [0.2, 0.25) is 0 Å². The molecule has 0 atom stereocenters. The van der Waals surface area contributed by atoms with Crippen molar-refractivity contribution in [3.05, 3.63) is 53.7 Å². The van der Waals surface area contributed by atoms with Gasteiger partial charge in [0.25, 0.3) is 5.91 Å². The fourth-order valence-corrected chi connectivity index (χ4v) is 3.04. The Labute approximate surface area is 170 Å². The predicted molar refractivity (Wildman–Crippen MR) is 103 cm³/mol. The summed E-state index contributed by atoms with van der Waals surface area (Å²) in [4.78, 5) is 31.5. The van der Waals surface area contributed by atoms with Crippen molar-refractivity contribution in [1.82, 2.24) is 9.88 Å². The summed E-state index contributed by atoms with van der Waals surface area (Å²) in [5, 5.41) is 11.1. The molecule has 1 aromatic carbocycles. The normalized spacial score (nSPS) is 14.2. The Balaban J connectivity index is 1.56. The molecule has 0 spiro atoms. The maximum atomic E-state index is 12.7. The summed E-state index contributed by atoms with van der Waals surface area (Å²) < 4.78 is 38.0. The Morgan fingerprint density at radius 3 is 2.27 bits per heavy atom. The topological polar surface area (TPSA) is 89.3 Å². The largest absolute Gasteiger partial charge is 0.417 e. The third-order valence-electron chi connectivity index (χ3n) is 4.62. The molecule has 0 radical (unpaired) electrons. The van der Waals surface area contributed by atoms with Gasteiger partial charge >= 0.3 is 6.18 Å². The Hall–Kier alpha value is -3.61. The van der Waals surface area contributed by atoms with E-state index < -0.39 is 17.6 Å². The van der Waals surface area contributed by atoms with Crippen LogP contribution in [0.4, 0.5) is 24.7 Å². The zero-order valence-electron chi connectivity index (χ0n) is 15.8. The molecule has 156 valence electrons. The number of aromatic nitrogens is 1. The molecule has 1 aliphatic rings. The van der Waals surface area contributed by atoms with E-state index >= 15 is 0 Å². The standard InChI is InChI=1S/C20H18F3N5O2/c21-20(22,23)15-3-6-17(25-13-15)27-9-11-28(12-10-27)19(30)14-1-4-16(5-2-14)26-18(29)7-8-24/h1-6,13H,7,9-12H2,(H,26,29). The highest BCUT2D eigenvalue weighted by Gasteiger charge is 2.31. The second-order valence-electron chi connectivity index (χ2n) is 6.64. The minimum Gasteiger partial charge on any atom is -0.353 e. The molecule has 3 rings (SSSR count). The van der Waals surface area contributed by atoms with Crippen molar-refractivity contribution in [3.8, 4) is 6.07 Å². The van der Waals surface area contributed by atoms with Gasteiger partial charge in [-0.2, -0.15) is 18.4 Å². The van der Waals surface area contributed by atoms with Gasteiger partial charge in [0.2, 0.25) is 5.91 Å². The summed E-state index contributed by atoms with van der Waals surface area (Å²) in [7, 11) is 0. The van der Waals surface area contributed by atoms with Gasteiger partial charge in [0.15, 0.2) is 0 Å². The number of carbonyl (C=O) groups is 2. The van der Waals surface area contributed by atoms with Gasteiger partial charge in [-0.05, 0) is 36.4 Å². The van der Waals surface area contributed by atoms with Gasteiger partial charge in [0, 0.05) is 43.6 Å². The van der Waals surface area contributed by atoms with Crippen molar-refractivity contribution < 1.29 is 22.8 Å². The van der Waals surface area contributed by atoms with E-state index in [9.17, 15) is 22.8 Å². The van der Waals surface area contributed by atoms with E-state index in [1.54, 1.807) is 35.2 Å². The van der Waals surface area contributed by atoms with E-state index in [-0.39, 0.29) is 12.3 Å². The first-order valence-electron chi connectivity index (χ1n) is 9.12. The van der Waals surface area contributed by atoms with E-state index in [1.807, 2.05) is 4.90 Å². The van der Waals surface area contributed by atoms with Crippen molar-refractivity contribution in [2.75, 3.05) is 36.4 Å². The van der Waals surface area contributed by atoms with Crippen LogP contribution in [0.1, 0.15) is 22.3 Å². The molecule has 0 saturated carbocycles. The fraction of sp³-hybridized carbons (Fsp3) is 0.300. The molecule has 2 aromatic rings. The van der Waals surface area contributed by atoms with Gasteiger partial charge in [0.1, 0.15) is 12.2 Å². The highest BCUT2D eigenvalue weighted by molar-refractivity contribution is 5.96. The molecule has 0 unspecified atom stereocenters. The van der Waals surface area contributed by atoms with Crippen molar-refractivity contribution in [3.63, 3.8) is 0 Å². The third kappa shape index (κ3) is 5.05. The first-order chi connectivity index (χ1) is 14.3. The van der Waals surface area contributed by atoms with Crippen LogP contribution < -0.4 is 10.2 Å². The lowest BCUT2D eigenvalue weighted by Crippen LogP contribution is -2.49. The van der Waals surface area contributed by atoms with E-state index in [1.165, 1.54) is 6.07 Å². The van der Waals surface area contributed by atoms with Crippen LogP contribution in [0.25, 0.3) is 0 Å². The van der Waals surface area contributed by atoms with Crippen LogP contribution >= 0.6 is 0 Å². The lowest BCUT2D eigenvalue weighted by atomic mass is 10.1. The molecular formula is C20H18F3N5O2. The maximum Gasteiger partial charge on any atom is 0.417 e. The molecule has 1 aliphatic heterocycles. The van der Waals surface area contributed by atoms with Crippen molar-refractivity contribution in [1.29, 1.82) is 5.26 Å². The lowest BCUT2D eigenvalue weighted by molar-refractivity contribution is -0.137. The van der Waals surface area contributed by atoms with Gasteiger partial charge in [-0.25, -0.2) is 4.98 Å². The number of rotatable bonds is 4. The van der Waals surface area contributed by atoms with Crippen molar-refractivity contribution >= 4 is 23.3 Å². The third-order valence-corrected chi connectivity index (χ3v) is 4.62. The monoisotopic (exact) mass is 417 g/mol. The molecule has 2 heterocycles. The van der Waals surface area contributed by atoms with Crippen LogP contribution in [-0.4, -0.2) is 47.9 Å². The Kier molecular flexibility index (Phi) is 6.20. The van der Waals surface area contributed by atoms with E-state index in [0.717, 1.165) is 12.3 Å². The molecule has 1 N–H and O–H groups in total. The predicted octanol–water partition coefficient (Wildman–Crippen LogP) is 2.91. The second-order valence-corrected chi connectivity index (χ2v) is 6.64. The number of hydrogen-bond acceptors (Lipinski definition) is 5. The van der Waals surface area contributed by atoms with Gasteiger partial charge < -0.3 is 15.1 Å². The molecule has 10 heteroatoms. The van der Waals surface area contributed by atoms with Crippen LogP contribution in [0.3, 0.4) is 0 Å². The number of nitrogens with zero attached hydrogens (tertiary/aromatic N) is 4. The van der Waals surface area contributed by atoms with Crippen LogP contribution in [0.5, 0.6) is 0 Å². The Morgan fingerprint density at radius 2 is 1.73 bits per heavy atom. The van der Waals surface area contributed by atoms with Crippen molar-refractivity contribution in [2.24, 2.45) is 0 Å². The van der Waals surface area contributed by atoms with Crippen LogP contribution in [-0.2, 0) is 11.0 Å². The number of benzene rings is 1. The van der Waals surface area contributed by atoms with E-state index in [4.69, 9.17) is 5.26 Å². The molecule has 1 saturated heterocycles. The molecule has 30 heavy (non-hydrogen) atoms. The van der Waals surface area contributed by atoms with Gasteiger partial charge in [0.05, 0.1) is 11.6 Å². The average molecular weight is 417 g/mol. The van der Waals surface area contributed by atoms with Gasteiger partial charge in [-0.3, -0.25) is 9.59 Å². The zero-order chi connectivity index (χ0) is 21.7. The molecular weight excluding hydrogens is 399 g/mol. The molecule has 7 nitrogen and oxygen atoms in total. The Morgan fingerprint density at radius 1 is 1.07 bits per heavy atom. The molecule has 1 fully saturated rings. The highest BCUT2D eigenvalue weighted by atomic mass is 19.4. The number of anilines is 2. The SMILES string of the molecule is N#CCC(=O)Nc1ccc(C(=O)N2CCN(c3ccc(C(F)(F)F)cn3)CC2)cc1. The number of halogens is 3. The quantitative estimate of drug-likeness (QED) is 0.826. The molecule has 1 aromatic heterocycles. The average Bonchev–Trinajstić information content (AvgIpc) is 2.73.